The molecular weight excluding hydrogens is 618 g/mol. The number of piperidine rings is 1. The fourth-order valence-corrected chi connectivity index (χ4v) is 6.97. The average molecular weight is 649 g/mol. The zero-order chi connectivity index (χ0) is 29.2. The molecule has 0 N–H and O–H groups in total. The topological polar surface area (TPSA) is 86.3 Å². The molecule has 1 saturated heterocycles. The highest BCUT2D eigenvalue weighted by Crippen LogP contribution is 2.36. The van der Waals surface area contributed by atoms with Gasteiger partial charge in [0, 0.05) is 30.8 Å². The van der Waals surface area contributed by atoms with E-state index in [4.69, 9.17) is 18.9 Å². The minimum Gasteiger partial charge on any atom is -0.497 e. The quantitative estimate of drug-likeness (QED) is 0.254. The molecule has 0 bridgehead atoms. The summed E-state index contributed by atoms with van der Waals surface area (Å²) in [5.74, 6) is 1.50. The van der Waals surface area contributed by atoms with Gasteiger partial charge >= 0.3 is 5.97 Å². The molecule has 4 aromatic rings. The molecule has 2 aromatic heterocycles. The molecule has 216 valence electrons. The molecule has 0 spiro atoms. The molecule has 0 unspecified atom stereocenters. The van der Waals surface area contributed by atoms with Crippen molar-refractivity contribution >= 4 is 50.9 Å². The lowest BCUT2D eigenvalue weighted by Crippen LogP contribution is -2.40. The Morgan fingerprint density at radius 3 is 2.55 bits per heavy atom. The number of halogens is 1. The van der Waals surface area contributed by atoms with Crippen molar-refractivity contribution in [1.82, 2.24) is 4.57 Å². The third-order valence-corrected chi connectivity index (χ3v) is 8.96. The lowest BCUT2D eigenvalue weighted by Gasteiger charge is -2.26. The number of hydrogen-bond acceptors (Lipinski definition) is 8. The van der Waals surface area contributed by atoms with E-state index >= 15 is 0 Å². The average Bonchev–Trinajstić information content (AvgIpc) is 3.55. The van der Waals surface area contributed by atoms with Crippen molar-refractivity contribution in [2.45, 2.75) is 32.2 Å². The number of aromatic nitrogens is 1. The zero-order valence-corrected chi connectivity index (χ0v) is 25.7. The van der Waals surface area contributed by atoms with Gasteiger partial charge in [-0.25, -0.2) is 9.79 Å². The normalized spacial score (nSPS) is 17.2. The molecule has 1 fully saturated rings. The van der Waals surface area contributed by atoms with Crippen LogP contribution in [0.2, 0.25) is 0 Å². The third kappa shape index (κ3) is 5.36. The molecule has 42 heavy (non-hydrogen) atoms. The minimum absolute atomic E-state index is 0.191. The monoisotopic (exact) mass is 647 g/mol. The van der Waals surface area contributed by atoms with Crippen molar-refractivity contribution in [3.8, 4) is 5.75 Å². The minimum atomic E-state index is -0.754. The van der Waals surface area contributed by atoms with Crippen molar-refractivity contribution in [2.24, 2.45) is 4.99 Å². The molecule has 0 aliphatic carbocycles. The number of hydrogen-bond donors (Lipinski definition) is 0. The summed E-state index contributed by atoms with van der Waals surface area (Å²) in [6, 6.07) is 18.0. The molecule has 2 aliphatic rings. The first-order valence-corrected chi connectivity index (χ1v) is 15.6. The first kappa shape index (κ1) is 28.2. The number of anilines is 1. The van der Waals surface area contributed by atoms with E-state index in [1.807, 2.05) is 60.7 Å². The van der Waals surface area contributed by atoms with Crippen LogP contribution in [0.3, 0.4) is 0 Å². The molecule has 0 radical (unpaired) electrons. The van der Waals surface area contributed by atoms with Gasteiger partial charge in [0.2, 0.25) is 5.88 Å². The Balaban J connectivity index is 1.55. The summed E-state index contributed by atoms with van der Waals surface area (Å²) in [4.78, 5) is 35.3. The van der Waals surface area contributed by atoms with Crippen LogP contribution in [0.15, 0.2) is 84.9 Å². The lowest BCUT2D eigenvalue weighted by molar-refractivity contribution is -0.138. The van der Waals surface area contributed by atoms with Crippen LogP contribution in [0, 0.1) is 0 Å². The Hall–Kier alpha value is -3.89. The first-order valence-electron chi connectivity index (χ1n) is 13.9. The number of nitrogens with zero attached hydrogens (tertiary/aromatic N) is 3. The number of carbonyl (C=O) groups excluding carboxylic acids is 1. The number of carbonyl (C=O) groups is 1. The summed E-state index contributed by atoms with van der Waals surface area (Å²) in [7, 11) is 1.60. The second kappa shape index (κ2) is 12.1. The van der Waals surface area contributed by atoms with Crippen molar-refractivity contribution in [2.75, 3.05) is 31.7 Å². The van der Waals surface area contributed by atoms with Gasteiger partial charge in [0.15, 0.2) is 4.80 Å². The van der Waals surface area contributed by atoms with Gasteiger partial charge in [-0.1, -0.05) is 53.8 Å². The Morgan fingerprint density at radius 1 is 1.12 bits per heavy atom. The highest BCUT2D eigenvalue weighted by molar-refractivity contribution is 9.10. The van der Waals surface area contributed by atoms with Gasteiger partial charge in [0.1, 0.15) is 11.5 Å². The highest BCUT2D eigenvalue weighted by Gasteiger charge is 2.35. The fourth-order valence-electron chi connectivity index (χ4n) is 5.43. The van der Waals surface area contributed by atoms with Gasteiger partial charge in [0.25, 0.3) is 5.56 Å². The van der Waals surface area contributed by atoms with E-state index in [0.717, 1.165) is 47.4 Å². The van der Waals surface area contributed by atoms with Crippen LogP contribution < -0.4 is 24.5 Å². The Labute approximate surface area is 255 Å². The number of methoxy groups -OCH3 is 1. The number of rotatable bonds is 7. The van der Waals surface area contributed by atoms with E-state index in [2.05, 4.69) is 20.8 Å². The molecular formula is C32H30BrN3O5S. The maximum absolute atomic E-state index is 14.1. The second-order valence-corrected chi connectivity index (χ2v) is 11.9. The summed E-state index contributed by atoms with van der Waals surface area (Å²) in [5.41, 5.74) is 2.03. The van der Waals surface area contributed by atoms with E-state index in [1.54, 1.807) is 24.7 Å². The number of fused-ring (bicyclic) bond motifs is 1. The Morgan fingerprint density at radius 2 is 1.86 bits per heavy atom. The summed E-state index contributed by atoms with van der Waals surface area (Å²) in [5, 5.41) is 0. The molecule has 2 aromatic carbocycles. The van der Waals surface area contributed by atoms with E-state index < -0.39 is 12.0 Å². The third-order valence-electron chi connectivity index (χ3n) is 7.41. The SMILES string of the molecule is CCOC(=O)C1=C(c2ccccc2)N=c2s/c(=C/c3cc(Br)c(N4CCCCC4)o3)c(=O)n2[C@H]1c1ccc(OC)cc1. The van der Waals surface area contributed by atoms with Crippen molar-refractivity contribution in [3.63, 3.8) is 0 Å². The van der Waals surface area contributed by atoms with Gasteiger partial charge in [-0.15, -0.1) is 0 Å². The Bertz CT molecular complexity index is 1820. The molecule has 10 heteroatoms. The summed E-state index contributed by atoms with van der Waals surface area (Å²) >= 11 is 4.91. The van der Waals surface area contributed by atoms with Gasteiger partial charge in [-0.2, -0.15) is 0 Å². The van der Waals surface area contributed by atoms with Crippen molar-refractivity contribution in [3.05, 3.63) is 107 Å². The number of thiazole rings is 1. The van der Waals surface area contributed by atoms with Crippen LogP contribution in [0.25, 0.3) is 11.8 Å². The van der Waals surface area contributed by atoms with Gasteiger partial charge < -0.3 is 18.8 Å². The molecule has 0 amide bonds. The van der Waals surface area contributed by atoms with Gasteiger partial charge in [0.05, 0.1) is 40.0 Å². The number of esters is 1. The first-order chi connectivity index (χ1) is 20.5. The predicted octanol–water partition coefficient (Wildman–Crippen LogP) is 5.29. The van der Waals surface area contributed by atoms with Crippen LogP contribution in [-0.2, 0) is 9.53 Å². The van der Waals surface area contributed by atoms with Crippen LogP contribution >= 0.6 is 27.3 Å². The van der Waals surface area contributed by atoms with Gasteiger partial charge in [-0.3, -0.25) is 9.36 Å². The van der Waals surface area contributed by atoms with Crippen molar-refractivity contribution in [1.29, 1.82) is 0 Å². The largest absolute Gasteiger partial charge is 0.497 e. The molecule has 8 nitrogen and oxygen atoms in total. The van der Waals surface area contributed by atoms with Crippen LogP contribution in [-0.4, -0.2) is 37.3 Å². The predicted molar refractivity (Wildman–Crippen MR) is 167 cm³/mol. The highest BCUT2D eigenvalue weighted by atomic mass is 79.9. The summed E-state index contributed by atoms with van der Waals surface area (Å²) in [6.07, 6.45) is 5.22. The fraction of sp³-hybridized carbons (Fsp3) is 0.281. The van der Waals surface area contributed by atoms with Crippen LogP contribution in [0.1, 0.15) is 49.1 Å². The van der Waals surface area contributed by atoms with Crippen molar-refractivity contribution < 1.29 is 18.7 Å². The van der Waals surface area contributed by atoms with E-state index in [1.165, 1.54) is 17.8 Å². The molecule has 1 atom stereocenters. The van der Waals surface area contributed by atoms with E-state index in [0.29, 0.717) is 32.1 Å². The number of benzene rings is 2. The molecule has 6 rings (SSSR count). The smallest absolute Gasteiger partial charge is 0.338 e. The lowest BCUT2D eigenvalue weighted by atomic mass is 9.93. The molecule has 0 saturated carbocycles. The molecule has 2 aliphatic heterocycles. The maximum Gasteiger partial charge on any atom is 0.338 e. The Kier molecular flexibility index (Phi) is 8.17. The second-order valence-electron chi connectivity index (χ2n) is 10.1. The van der Waals surface area contributed by atoms with Crippen LogP contribution in [0.4, 0.5) is 5.88 Å². The van der Waals surface area contributed by atoms with Gasteiger partial charge in [-0.05, 0) is 59.8 Å². The van der Waals surface area contributed by atoms with E-state index in [-0.39, 0.29) is 12.2 Å². The van der Waals surface area contributed by atoms with E-state index in [9.17, 15) is 9.59 Å². The number of furan rings is 1. The zero-order valence-electron chi connectivity index (χ0n) is 23.3. The molecule has 4 heterocycles. The standard InChI is InChI=1S/C32H30BrN3O5S/c1-3-40-31(38)26-27(20-10-6-4-7-11-20)34-32-36(28(26)21-12-14-22(39-2)15-13-21)29(37)25(42-32)19-23-18-24(33)30(41-23)35-16-8-5-9-17-35/h4,6-7,10-15,18-19,28H,3,5,8-9,16-17H2,1-2H3/b25-19+/t28-/m0/s1. The maximum atomic E-state index is 14.1. The summed E-state index contributed by atoms with van der Waals surface area (Å²) in [6.45, 7) is 3.83. The number of ether oxygens (including phenoxy) is 2. The summed E-state index contributed by atoms with van der Waals surface area (Å²) < 4.78 is 20.0. The van der Waals surface area contributed by atoms with Crippen LogP contribution in [0.5, 0.6) is 5.75 Å².